The molecule has 132 valence electrons. The smallest absolute Gasteiger partial charge is 0.340 e. The summed E-state index contributed by atoms with van der Waals surface area (Å²) in [4.78, 5) is 24.6. The van der Waals surface area contributed by atoms with E-state index in [1.165, 1.54) is 0 Å². The Morgan fingerprint density at radius 1 is 1.00 bits per heavy atom. The lowest BCUT2D eigenvalue weighted by atomic mass is 10.1. The maximum Gasteiger partial charge on any atom is 0.340 e. The van der Waals surface area contributed by atoms with Crippen molar-refractivity contribution in [1.29, 1.82) is 0 Å². The molecule has 0 radical (unpaired) electrons. The van der Waals surface area contributed by atoms with Crippen molar-refractivity contribution >= 4 is 23.4 Å². The number of carbonyl (C=O) groups excluding carboxylic acids is 2. The molecule has 0 aliphatic heterocycles. The standard InChI is InChI=1S/C21H18ClNO3/c1-14-12-19(15(2)23(14)18-6-4-3-5-7-18)21(25)26-13-20(24)16-8-10-17(22)11-9-16/h3-12H,13H2,1-2H3. The van der Waals surface area contributed by atoms with Crippen molar-refractivity contribution in [3.8, 4) is 5.69 Å². The molecule has 0 saturated carbocycles. The predicted octanol–water partition coefficient (Wildman–Crippen LogP) is 4.79. The first-order valence-electron chi connectivity index (χ1n) is 8.17. The van der Waals surface area contributed by atoms with Crippen molar-refractivity contribution in [2.45, 2.75) is 13.8 Å². The van der Waals surface area contributed by atoms with E-state index in [1.807, 2.05) is 48.7 Å². The summed E-state index contributed by atoms with van der Waals surface area (Å²) < 4.78 is 7.21. The van der Waals surface area contributed by atoms with Gasteiger partial charge in [-0.2, -0.15) is 0 Å². The SMILES string of the molecule is Cc1cc(C(=O)OCC(=O)c2ccc(Cl)cc2)c(C)n1-c1ccccc1. The fourth-order valence-corrected chi connectivity index (χ4v) is 3.00. The van der Waals surface area contributed by atoms with E-state index in [9.17, 15) is 9.59 Å². The van der Waals surface area contributed by atoms with Gasteiger partial charge in [0, 0.05) is 27.7 Å². The van der Waals surface area contributed by atoms with Crippen molar-refractivity contribution < 1.29 is 14.3 Å². The lowest BCUT2D eigenvalue weighted by Gasteiger charge is -2.09. The number of rotatable bonds is 5. The van der Waals surface area contributed by atoms with Gasteiger partial charge in [0.1, 0.15) is 0 Å². The zero-order chi connectivity index (χ0) is 18.7. The van der Waals surface area contributed by atoms with E-state index in [1.54, 1.807) is 30.3 Å². The van der Waals surface area contributed by atoms with Crippen LogP contribution in [0.1, 0.15) is 32.1 Å². The van der Waals surface area contributed by atoms with E-state index in [2.05, 4.69) is 0 Å². The predicted molar refractivity (Wildman–Crippen MR) is 101 cm³/mol. The fourth-order valence-electron chi connectivity index (χ4n) is 2.87. The number of carbonyl (C=O) groups is 2. The first-order chi connectivity index (χ1) is 12.5. The van der Waals surface area contributed by atoms with E-state index in [4.69, 9.17) is 16.3 Å². The van der Waals surface area contributed by atoms with Gasteiger partial charge in [-0.1, -0.05) is 29.8 Å². The summed E-state index contributed by atoms with van der Waals surface area (Å²) in [6.07, 6.45) is 0. The van der Waals surface area contributed by atoms with E-state index in [0.717, 1.165) is 17.1 Å². The van der Waals surface area contributed by atoms with Crippen molar-refractivity contribution in [2.24, 2.45) is 0 Å². The summed E-state index contributed by atoms with van der Waals surface area (Å²) in [5.41, 5.74) is 3.58. The molecule has 1 aromatic heterocycles. The number of halogens is 1. The number of ether oxygens (including phenoxy) is 1. The molecule has 0 aliphatic rings. The van der Waals surface area contributed by atoms with E-state index < -0.39 is 5.97 Å². The summed E-state index contributed by atoms with van der Waals surface area (Å²) in [6.45, 7) is 3.47. The number of Topliss-reactive ketones (excluding diaryl/α,β-unsaturated/α-hetero) is 1. The van der Waals surface area contributed by atoms with E-state index in [0.29, 0.717) is 16.1 Å². The van der Waals surface area contributed by atoms with Gasteiger partial charge in [-0.05, 0) is 56.3 Å². The molecule has 26 heavy (non-hydrogen) atoms. The van der Waals surface area contributed by atoms with Gasteiger partial charge in [0.25, 0.3) is 0 Å². The number of nitrogens with zero attached hydrogens (tertiary/aromatic N) is 1. The number of aryl methyl sites for hydroxylation is 1. The molecule has 0 N–H and O–H groups in total. The molecule has 4 nitrogen and oxygen atoms in total. The molecular weight excluding hydrogens is 350 g/mol. The largest absolute Gasteiger partial charge is 0.454 e. The minimum atomic E-state index is -0.511. The first-order valence-corrected chi connectivity index (χ1v) is 8.55. The average Bonchev–Trinajstić information content (AvgIpc) is 2.95. The van der Waals surface area contributed by atoms with Gasteiger partial charge in [-0.15, -0.1) is 0 Å². The highest BCUT2D eigenvalue weighted by molar-refractivity contribution is 6.30. The molecule has 5 heteroatoms. The Bertz CT molecular complexity index is 943. The highest BCUT2D eigenvalue weighted by atomic mass is 35.5. The second-order valence-electron chi connectivity index (χ2n) is 5.96. The second kappa shape index (κ2) is 7.58. The maximum atomic E-state index is 12.4. The van der Waals surface area contributed by atoms with Crippen LogP contribution in [0.5, 0.6) is 0 Å². The number of esters is 1. The Kier molecular flexibility index (Phi) is 5.24. The normalized spacial score (nSPS) is 10.6. The molecule has 0 atom stereocenters. The molecule has 0 saturated heterocycles. The molecule has 0 fully saturated rings. The lowest BCUT2D eigenvalue weighted by Crippen LogP contribution is -2.14. The van der Waals surface area contributed by atoms with Gasteiger partial charge in [0.05, 0.1) is 5.56 Å². The van der Waals surface area contributed by atoms with Gasteiger partial charge in [-0.25, -0.2) is 4.79 Å². The Labute approximate surface area is 157 Å². The molecule has 0 unspecified atom stereocenters. The van der Waals surface area contributed by atoms with Gasteiger partial charge >= 0.3 is 5.97 Å². The minimum absolute atomic E-state index is 0.271. The van der Waals surface area contributed by atoms with Crippen LogP contribution in [-0.4, -0.2) is 22.9 Å². The van der Waals surface area contributed by atoms with Crippen LogP contribution in [0.2, 0.25) is 5.02 Å². The second-order valence-corrected chi connectivity index (χ2v) is 6.40. The van der Waals surface area contributed by atoms with Crippen LogP contribution in [0.4, 0.5) is 0 Å². The van der Waals surface area contributed by atoms with Crippen LogP contribution in [0, 0.1) is 13.8 Å². The Balaban J connectivity index is 1.74. The number of benzene rings is 2. The van der Waals surface area contributed by atoms with Crippen molar-refractivity contribution in [2.75, 3.05) is 6.61 Å². The summed E-state index contributed by atoms with van der Waals surface area (Å²) in [5, 5.41) is 0.548. The van der Waals surface area contributed by atoms with Crippen LogP contribution in [0.25, 0.3) is 5.69 Å². The van der Waals surface area contributed by atoms with Crippen LogP contribution >= 0.6 is 11.6 Å². The van der Waals surface area contributed by atoms with Gasteiger partial charge in [0.15, 0.2) is 12.4 Å². The molecular formula is C21H18ClNO3. The molecule has 0 aliphatic carbocycles. The zero-order valence-electron chi connectivity index (χ0n) is 14.5. The van der Waals surface area contributed by atoms with Crippen LogP contribution in [0.3, 0.4) is 0 Å². The number of hydrogen-bond acceptors (Lipinski definition) is 3. The number of ketones is 1. The van der Waals surface area contributed by atoms with Gasteiger partial charge < -0.3 is 9.30 Å². The Hall–Kier alpha value is -2.85. The summed E-state index contributed by atoms with van der Waals surface area (Å²) in [5.74, 6) is -0.783. The molecule has 2 aromatic carbocycles. The Morgan fingerprint density at radius 3 is 2.31 bits per heavy atom. The fraction of sp³-hybridized carbons (Fsp3) is 0.143. The van der Waals surface area contributed by atoms with E-state index in [-0.39, 0.29) is 12.4 Å². The third-order valence-corrected chi connectivity index (χ3v) is 4.42. The monoisotopic (exact) mass is 367 g/mol. The molecule has 3 rings (SSSR count). The number of para-hydroxylation sites is 1. The quantitative estimate of drug-likeness (QED) is 0.481. The third kappa shape index (κ3) is 3.70. The summed E-state index contributed by atoms with van der Waals surface area (Å²) >= 11 is 5.81. The van der Waals surface area contributed by atoms with Crippen molar-refractivity contribution in [3.63, 3.8) is 0 Å². The molecule has 3 aromatic rings. The lowest BCUT2D eigenvalue weighted by molar-refractivity contribution is 0.0474. The molecule has 0 amide bonds. The Morgan fingerprint density at radius 2 is 1.65 bits per heavy atom. The number of hydrogen-bond donors (Lipinski definition) is 0. The maximum absolute atomic E-state index is 12.4. The highest BCUT2D eigenvalue weighted by Crippen LogP contribution is 2.21. The first kappa shape index (κ1) is 18.0. The number of aromatic nitrogens is 1. The van der Waals surface area contributed by atoms with Gasteiger partial charge in [0.2, 0.25) is 0 Å². The summed E-state index contributed by atoms with van der Waals surface area (Å²) in [7, 11) is 0. The van der Waals surface area contributed by atoms with Crippen LogP contribution < -0.4 is 0 Å². The van der Waals surface area contributed by atoms with Crippen LogP contribution in [-0.2, 0) is 4.74 Å². The molecule has 1 heterocycles. The van der Waals surface area contributed by atoms with E-state index >= 15 is 0 Å². The van der Waals surface area contributed by atoms with Crippen LogP contribution in [0.15, 0.2) is 60.7 Å². The summed E-state index contributed by atoms with van der Waals surface area (Å²) in [6, 6.07) is 18.0. The zero-order valence-corrected chi connectivity index (χ0v) is 15.3. The third-order valence-electron chi connectivity index (χ3n) is 4.17. The van der Waals surface area contributed by atoms with Crippen molar-refractivity contribution in [1.82, 2.24) is 4.57 Å². The minimum Gasteiger partial charge on any atom is -0.454 e. The average molecular weight is 368 g/mol. The van der Waals surface area contributed by atoms with Gasteiger partial charge in [-0.3, -0.25) is 4.79 Å². The molecule has 0 spiro atoms. The molecule has 0 bridgehead atoms. The van der Waals surface area contributed by atoms with Crippen molar-refractivity contribution in [3.05, 3.63) is 88.2 Å². The highest BCUT2D eigenvalue weighted by Gasteiger charge is 2.19. The topological polar surface area (TPSA) is 48.3 Å².